The lowest BCUT2D eigenvalue weighted by atomic mass is 9.87. The fourth-order valence-corrected chi connectivity index (χ4v) is 6.38. The molecule has 0 bridgehead atoms. The molecule has 3 aliphatic rings. The number of imidazole rings is 1. The van der Waals surface area contributed by atoms with E-state index >= 15 is 0 Å². The number of hydrogen-bond acceptors (Lipinski definition) is 6. The number of aromatic carboxylic acids is 1. The summed E-state index contributed by atoms with van der Waals surface area (Å²) in [4.78, 5) is 18.9. The second kappa shape index (κ2) is 11.3. The molecule has 7 rings (SSSR count). The van der Waals surface area contributed by atoms with Gasteiger partial charge in [-0.25, -0.2) is 14.2 Å². The second-order valence-corrected chi connectivity index (χ2v) is 11.5. The Hall–Kier alpha value is -4.52. The van der Waals surface area contributed by atoms with Crippen LogP contribution < -0.4 is 4.74 Å². The molecular formula is C34H31FN4O4. The maximum absolute atomic E-state index is 14.8. The number of ether oxygens (including phenoxy) is 2. The minimum Gasteiger partial charge on any atom is -0.481 e. The minimum atomic E-state index is -0.950. The van der Waals surface area contributed by atoms with Crippen molar-refractivity contribution in [2.24, 2.45) is 0 Å². The van der Waals surface area contributed by atoms with Crippen LogP contribution >= 0.6 is 0 Å². The van der Waals surface area contributed by atoms with E-state index in [-0.39, 0.29) is 17.2 Å². The normalized spacial score (nSPS) is 20.3. The van der Waals surface area contributed by atoms with Crippen molar-refractivity contribution in [3.05, 3.63) is 100 Å². The van der Waals surface area contributed by atoms with E-state index in [4.69, 9.17) is 19.7 Å². The second-order valence-electron chi connectivity index (χ2n) is 11.5. The van der Waals surface area contributed by atoms with Crippen LogP contribution in [0.25, 0.3) is 17.1 Å². The predicted molar refractivity (Wildman–Crippen MR) is 158 cm³/mol. The number of benzene rings is 3. The summed E-state index contributed by atoms with van der Waals surface area (Å²) in [5.74, 6) is 0.619. The number of fused-ring (bicyclic) bond motifs is 2. The summed E-state index contributed by atoms with van der Waals surface area (Å²) in [5, 5.41) is 18.6. The molecule has 1 N–H and O–H groups in total. The molecule has 8 nitrogen and oxygen atoms in total. The summed E-state index contributed by atoms with van der Waals surface area (Å²) in [5.41, 5.74) is 4.69. The number of piperidine rings is 1. The van der Waals surface area contributed by atoms with Crippen molar-refractivity contribution < 1.29 is 23.8 Å². The number of hydrogen-bond donors (Lipinski definition) is 1. The summed E-state index contributed by atoms with van der Waals surface area (Å²) in [6, 6.07) is 17.8. The Morgan fingerprint density at radius 3 is 2.65 bits per heavy atom. The van der Waals surface area contributed by atoms with E-state index in [9.17, 15) is 14.3 Å². The molecular weight excluding hydrogens is 547 g/mol. The maximum Gasteiger partial charge on any atom is 0.335 e. The number of aromatic nitrogens is 2. The highest BCUT2D eigenvalue weighted by Crippen LogP contribution is 2.42. The number of carboxylic acid groups (broad SMARTS) is 1. The van der Waals surface area contributed by atoms with Gasteiger partial charge in [0.25, 0.3) is 0 Å². The number of carbonyl (C=O) groups is 1. The Morgan fingerprint density at radius 1 is 1.09 bits per heavy atom. The highest BCUT2D eigenvalue weighted by molar-refractivity contribution is 5.92. The molecule has 1 aromatic heterocycles. The van der Waals surface area contributed by atoms with E-state index in [1.807, 2.05) is 30.4 Å². The zero-order chi connectivity index (χ0) is 29.5. The molecule has 3 aromatic carbocycles. The van der Waals surface area contributed by atoms with Crippen molar-refractivity contribution in [3.8, 4) is 11.8 Å². The van der Waals surface area contributed by atoms with Crippen LogP contribution in [0.15, 0.2) is 60.7 Å². The van der Waals surface area contributed by atoms with E-state index in [1.165, 1.54) is 6.07 Å². The van der Waals surface area contributed by atoms with Crippen LogP contribution in [-0.4, -0.2) is 51.3 Å². The average molecular weight is 579 g/mol. The molecule has 9 heteroatoms. The monoisotopic (exact) mass is 578 g/mol. The van der Waals surface area contributed by atoms with Gasteiger partial charge < -0.3 is 19.1 Å². The third-order valence-electron chi connectivity index (χ3n) is 8.85. The molecule has 4 aromatic rings. The first-order valence-corrected chi connectivity index (χ1v) is 14.7. The van der Waals surface area contributed by atoms with Crippen LogP contribution in [-0.2, 0) is 17.8 Å². The topological polar surface area (TPSA) is 101 Å². The molecule has 0 spiro atoms. The van der Waals surface area contributed by atoms with Crippen LogP contribution in [0, 0.1) is 17.1 Å². The van der Waals surface area contributed by atoms with Crippen LogP contribution in [0.5, 0.6) is 5.75 Å². The van der Waals surface area contributed by atoms with Crippen molar-refractivity contribution >= 4 is 23.1 Å². The molecule has 43 heavy (non-hydrogen) atoms. The molecule has 0 saturated carbocycles. The largest absolute Gasteiger partial charge is 0.481 e. The smallest absolute Gasteiger partial charge is 0.335 e. The Labute approximate surface area is 248 Å². The number of likely N-dealkylation sites (tertiary alicyclic amines) is 1. The lowest BCUT2D eigenvalue weighted by Gasteiger charge is -2.34. The SMILES string of the molecule is N#Cc1ccc([C@H]2C=Cc3cccc(C4CCN(Cc5nc6ccc(C(=O)O)cc6n5C[C@H]5CCO5)CC4)c3O2)c(F)c1. The molecule has 0 radical (unpaired) electrons. The molecule has 2 atom stereocenters. The molecule has 0 unspecified atom stereocenters. The number of nitriles is 1. The Kier molecular flexibility index (Phi) is 7.17. The summed E-state index contributed by atoms with van der Waals surface area (Å²) in [6.45, 7) is 3.84. The lowest BCUT2D eigenvalue weighted by Crippen LogP contribution is -2.35. The van der Waals surface area contributed by atoms with Gasteiger partial charge in [-0.2, -0.15) is 5.26 Å². The fraction of sp³-hybridized carbons (Fsp3) is 0.324. The molecule has 0 amide bonds. The molecule has 218 valence electrons. The predicted octanol–water partition coefficient (Wildman–Crippen LogP) is 6.06. The number of carboxylic acids is 1. The summed E-state index contributed by atoms with van der Waals surface area (Å²) in [6.07, 6.45) is 6.28. The van der Waals surface area contributed by atoms with Crippen molar-refractivity contribution in [3.63, 3.8) is 0 Å². The first kappa shape index (κ1) is 27.3. The molecule has 2 saturated heterocycles. The number of nitrogens with zero attached hydrogens (tertiary/aromatic N) is 4. The van der Waals surface area contributed by atoms with Gasteiger partial charge in [-0.05, 0) is 80.2 Å². The van der Waals surface area contributed by atoms with Crippen molar-refractivity contribution in [2.75, 3.05) is 19.7 Å². The number of rotatable bonds is 7. The van der Waals surface area contributed by atoms with Gasteiger partial charge in [-0.15, -0.1) is 0 Å². The van der Waals surface area contributed by atoms with Crippen LogP contribution in [0.3, 0.4) is 0 Å². The van der Waals surface area contributed by atoms with Gasteiger partial charge in [0.15, 0.2) is 0 Å². The zero-order valence-corrected chi connectivity index (χ0v) is 23.6. The van der Waals surface area contributed by atoms with Gasteiger partial charge in [0.1, 0.15) is 23.5 Å². The van der Waals surface area contributed by atoms with Gasteiger partial charge >= 0.3 is 5.97 Å². The zero-order valence-electron chi connectivity index (χ0n) is 23.6. The first-order valence-electron chi connectivity index (χ1n) is 14.7. The molecule has 2 fully saturated rings. The number of para-hydroxylation sites is 1. The summed E-state index contributed by atoms with van der Waals surface area (Å²) >= 11 is 0. The summed E-state index contributed by atoms with van der Waals surface area (Å²) in [7, 11) is 0. The van der Waals surface area contributed by atoms with Crippen molar-refractivity contribution in [1.29, 1.82) is 5.26 Å². The lowest BCUT2D eigenvalue weighted by molar-refractivity contribution is -0.0592. The van der Waals surface area contributed by atoms with Crippen LogP contribution in [0.2, 0.25) is 0 Å². The van der Waals surface area contributed by atoms with Gasteiger partial charge in [-0.1, -0.05) is 30.3 Å². The van der Waals surface area contributed by atoms with Crippen molar-refractivity contribution in [1.82, 2.24) is 14.5 Å². The Bertz CT molecular complexity index is 1780. The van der Waals surface area contributed by atoms with Gasteiger partial charge in [0, 0.05) is 17.7 Å². The van der Waals surface area contributed by atoms with Crippen LogP contribution in [0.1, 0.15) is 69.7 Å². The van der Waals surface area contributed by atoms with E-state index in [0.29, 0.717) is 24.6 Å². The molecule has 0 aliphatic carbocycles. The van der Waals surface area contributed by atoms with Crippen molar-refractivity contribution in [2.45, 2.75) is 50.5 Å². The summed E-state index contributed by atoms with van der Waals surface area (Å²) < 4.78 is 29.1. The van der Waals surface area contributed by atoms with E-state index in [1.54, 1.807) is 30.3 Å². The van der Waals surface area contributed by atoms with Crippen LogP contribution in [0.4, 0.5) is 4.39 Å². The first-order chi connectivity index (χ1) is 21.0. The quantitative estimate of drug-likeness (QED) is 0.285. The van der Waals surface area contributed by atoms with E-state index in [0.717, 1.165) is 72.7 Å². The van der Waals surface area contributed by atoms with E-state index in [2.05, 4.69) is 15.5 Å². The standard InChI is InChI=1S/C34H31FN4O4/c35-28-16-21(18-36)4-7-27(28)31-9-6-23-2-1-3-26(33(23)43-31)22-10-13-38(14-11-22)20-32-37-29-8-5-24(34(40)41)17-30(29)39(32)19-25-12-15-42-25/h1-9,16-17,22,25,31H,10-15,19-20H2,(H,40,41)/t25-,31-/m1/s1. The highest BCUT2D eigenvalue weighted by atomic mass is 19.1. The van der Waals surface area contributed by atoms with Gasteiger partial charge in [-0.3, -0.25) is 4.90 Å². The third kappa shape index (κ3) is 5.29. The van der Waals surface area contributed by atoms with E-state index < -0.39 is 17.9 Å². The average Bonchev–Trinajstić information content (AvgIpc) is 3.34. The highest BCUT2D eigenvalue weighted by Gasteiger charge is 2.29. The Morgan fingerprint density at radius 2 is 1.93 bits per heavy atom. The molecule has 4 heterocycles. The fourth-order valence-electron chi connectivity index (χ4n) is 6.38. The molecule has 3 aliphatic heterocycles. The minimum absolute atomic E-state index is 0.121. The Balaban J connectivity index is 1.08. The van der Waals surface area contributed by atoms with Gasteiger partial charge in [0.2, 0.25) is 0 Å². The third-order valence-corrected chi connectivity index (χ3v) is 8.85. The maximum atomic E-state index is 14.8. The number of halogens is 1. The van der Waals surface area contributed by atoms with Gasteiger partial charge in [0.05, 0.1) is 47.4 Å².